The third-order valence-corrected chi connectivity index (χ3v) is 7.58. The van der Waals surface area contributed by atoms with Gasteiger partial charge in [-0.15, -0.1) is 11.3 Å². The van der Waals surface area contributed by atoms with E-state index in [0.717, 1.165) is 17.8 Å². The second kappa shape index (κ2) is 9.11. The SMILES string of the molecule is CC1CN(c2ncccc2C(=O)NS(=O)(=O)c2cccc(OCc3cccs3)n2)C(C)(C)C1. The lowest BCUT2D eigenvalue weighted by atomic mass is 9.97. The lowest BCUT2D eigenvalue weighted by Crippen LogP contribution is -2.41. The summed E-state index contributed by atoms with van der Waals surface area (Å²) in [4.78, 5) is 24.6. The van der Waals surface area contributed by atoms with E-state index >= 15 is 0 Å². The first-order chi connectivity index (χ1) is 15.7. The standard InChI is InChI=1S/C23H26N4O4S2/c1-16-13-23(2,3)27(14-16)21-18(8-5-11-24-21)22(28)26-33(29,30)20-10-4-9-19(25-20)31-15-17-7-6-12-32-17/h4-12,16H,13-15H2,1-3H3,(H,26,28). The van der Waals surface area contributed by atoms with Gasteiger partial charge in [-0.05, 0) is 55.8 Å². The first kappa shape index (κ1) is 23.2. The molecule has 3 aromatic rings. The Bertz CT molecular complexity index is 1240. The number of hydrogen-bond donors (Lipinski definition) is 1. The lowest BCUT2D eigenvalue weighted by molar-refractivity contribution is 0.0981. The Balaban J connectivity index is 1.54. The van der Waals surface area contributed by atoms with Crippen LogP contribution in [0, 0.1) is 5.92 Å². The number of anilines is 1. The van der Waals surface area contributed by atoms with Crippen LogP contribution in [0.1, 0.15) is 42.4 Å². The molecule has 0 saturated carbocycles. The number of rotatable bonds is 7. The molecule has 1 unspecified atom stereocenters. The number of nitrogens with one attached hydrogen (secondary N) is 1. The summed E-state index contributed by atoms with van der Waals surface area (Å²) in [5, 5.41) is 1.64. The maximum atomic E-state index is 13.1. The average Bonchev–Trinajstić information content (AvgIpc) is 3.38. The van der Waals surface area contributed by atoms with Gasteiger partial charge < -0.3 is 9.64 Å². The number of thiophene rings is 1. The van der Waals surface area contributed by atoms with Gasteiger partial charge in [0, 0.05) is 29.2 Å². The van der Waals surface area contributed by atoms with Crippen molar-refractivity contribution in [3.8, 4) is 5.88 Å². The molecule has 1 amide bonds. The number of ether oxygens (including phenoxy) is 1. The van der Waals surface area contributed by atoms with Gasteiger partial charge >= 0.3 is 0 Å². The fraction of sp³-hybridized carbons (Fsp3) is 0.348. The Morgan fingerprint density at radius 2 is 2.06 bits per heavy atom. The number of amides is 1. The molecule has 0 spiro atoms. The highest BCUT2D eigenvalue weighted by molar-refractivity contribution is 7.90. The lowest BCUT2D eigenvalue weighted by Gasteiger charge is -2.33. The summed E-state index contributed by atoms with van der Waals surface area (Å²) in [6.07, 6.45) is 2.56. The molecular formula is C23H26N4O4S2. The van der Waals surface area contributed by atoms with Gasteiger partial charge in [0.2, 0.25) is 5.88 Å². The number of pyridine rings is 2. The van der Waals surface area contributed by atoms with E-state index in [9.17, 15) is 13.2 Å². The number of nitrogens with zero attached hydrogens (tertiary/aromatic N) is 3. The van der Waals surface area contributed by atoms with Gasteiger partial charge in [0.1, 0.15) is 12.4 Å². The van der Waals surface area contributed by atoms with E-state index in [1.54, 1.807) is 24.4 Å². The van der Waals surface area contributed by atoms with Crippen LogP contribution in [-0.2, 0) is 16.6 Å². The Hall–Kier alpha value is -2.98. The number of carbonyl (C=O) groups is 1. The zero-order valence-electron chi connectivity index (χ0n) is 18.7. The van der Waals surface area contributed by atoms with E-state index in [0.29, 0.717) is 11.7 Å². The van der Waals surface area contributed by atoms with Crippen molar-refractivity contribution in [2.24, 2.45) is 5.92 Å². The number of hydrogen-bond acceptors (Lipinski definition) is 8. The van der Waals surface area contributed by atoms with Crippen molar-refractivity contribution in [1.29, 1.82) is 0 Å². The molecule has 0 bridgehead atoms. The molecular weight excluding hydrogens is 460 g/mol. The van der Waals surface area contributed by atoms with Gasteiger partial charge in [-0.3, -0.25) is 4.79 Å². The van der Waals surface area contributed by atoms with Crippen LogP contribution in [0.25, 0.3) is 0 Å². The summed E-state index contributed by atoms with van der Waals surface area (Å²) in [5.74, 6) is 0.317. The Kier molecular flexibility index (Phi) is 6.40. The fourth-order valence-electron chi connectivity index (χ4n) is 4.14. The highest BCUT2D eigenvalue weighted by Gasteiger charge is 2.39. The van der Waals surface area contributed by atoms with E-state index in [4.69, 9.17) is 4.74 Å². The maximum absolute atomic E-state index is 13.1. The van der Waals surface area contributed by atoms with Crippen molar-refractivity contribution in [3.63, 3.8) is 0 Å². The molecule has 1 saturated heterocycles. The highest BCUT2D eigenvalue weighted by Crippen LogP contribution is 2.37. The van der Waals surface area contributed by atoms with Gasteiger partial charge in [0.15, 0.2) is 5.03 Å². The summed E-state index contributed by atoms with van der Waals surface area (Å²) in [6, 6.07) is 11.4. The molecule has 1 aliphatic heterocycles. The van der Waals surface area contributed by atoms with Crippen molar-refractivity contribution in [2.45, 2.75) is 44.4 Å². The molecule has 1 fully saturated rings. The minimum Gasteiger partial charge on any atom is -0.472 e. The van der Waals surface area contributed by atoms with Crippen molar-refractivity contribution in [2.75, 3.05) is 11.4 Å². The molecule has 8 nitrogen and oxygen atoms in total. The topological polar surface area (TPSA) is 101 Å². The Morgan fingerprint density at radius 1 is 1.24 bits per heavy atom. The molecule has 4 heterocycles. The van der Waals surface area contributed by atoms with Crippen LogP contribution in [0.4, 0.5) is 5.82 Å². The largest absolute Gasteiger partial charge is 0.472 e. The maximum Gasteiger partial charge on any atom is 0.281 e. The third kappa shape index (κ3) is 5.17. The van der Waals surface area contributed by atoms with Crippen LogP contribution in [0.15, 0.2) is 59.1 Å². The van der Waals surface area contributed by atoms with Gasteiger partial charge in [0.25, 0.3) is 15.9 Å². The predicted octanol–water partition coefficient (Wildman–Crippen LogP) is 3.86. The zero-order chi connectivity index (χ0) is 23.6. The average molecular weight is 487 g/mol. The van der Waals surface area contributed by atoms with Crippen LogP contribution < -0.4 is 14.4 Å². The summed E-state index contributed by atoms with van der Waals surface area (Å²) in [5.41, 5.74) is 0.00522. The van der Waals surface area contributed by atoms with E-state index < -0.39 is 15.9 Å². The minimum atomic E-state index is -4.22. The van der Waals surface area contributed by atoms with E-state index in [-0.39, 0.29) is 28.6 Å². The zero-order valence-corrected chi connectivity index (χ0v) is 20.3. The van der Waals surface area contributed by atoms with Gasteiger partial charge in [-0.1, -0.05) is 19.1 Å². The van der Waals surface area contributed by atoms with Crippen molar-refractivity contribution in [1.82, 2.24) is 14.7 Å². The molecule has 1 aliphatic rings. The first-order valence-electron chi connectivity index (χ1n) is 10.6. The van der Waals surface area contributed by atoms with Gasteiger partial charge in [-0.25, -0.2) is 9.71 Å². The van der Waals surface area contributed by atoms with E-state index in [1.165, 1.54) is 23.5 Å². The summed E-state index contributed by atoms with van der Waals surface area (Å²) >= 11 is 1.53. The number of sulfonamides is 1. The number of aromatic nitrogens is 2. The minimum absolute atomic E-state index is 0.161. The summed E-state index contributed by atoms with van der Waals surface area (Å²) in [6.45, 7) is 7.35. The first-order valence-corrected chi connectivity index (χ1v) is 12.9. The molecule has 3 aromatic heterocycles. The third-order valence-electron chi connectivity index (χ3n) is 5.50. The van der Waals surface area contributed by atoms with E-state index in [2.05, 4.69) is 40.4 Å². The Labute approximate surface area is 197 Å². The van der Waals surface area contributed by atoms with Crippen LogP contribution in [0.5, 0.6) is 5.88 Å². The summed E-state index contributed by atoms with van der Waals surface area (Å²) < 4.78 is 33.6. The predicted molar refractivity (Wildman–Crippen MR) is 127 cm³/mol. The van der Waals surface area contributed by atoms with Crippen LogP contribution in [0.2, 0.25) is 0 Å². The second-order valence-electron chi connectivity index (χ2n) is 8.72. The molecule has 174 valence electrons. The van der Waals surface area contributed by atoms with Crippen molar-refractivity contribution < 1.29 is 17.9 Å². The smallest absolute Gasteiger partial charge is 0.281 e. The Morgan fingerprint density at radius 3 is 2.76 bits per heavy atom. The normalized spacial score (nSPS) is 17.7. The molecule has 0 radical (unpaired) electrons. The van der Waals surface area contributed by atoms with Crippen LogP contribution in [-0.4, -0.2) is 36.4 Å². The van der Waals surface area contributed by atoms with Gasteiger partial charge in [0.05, 0.1) is 5.56 Å². The molecule has 10 heteroatoms. The second-order valence-corrected chi connectivity index (χ2v) is 11.4. The van der Waals surface area contributed by atoms with Crippen molar-refractivity contribution >= 4 is 33.1 Å². The number of carbonyl (C=O) groups excluding carboxylic acids is 1. The molecule has 33 heavy (non-hydrogen) atoms. The quantitative estimate of drug-likeness (QED) is 0.541. The van der Waals surface area contributed by atoms with E-state index in [1.807, 2.05) is 17.5 Å². The monoisotopic (exact) mass is 486 g/mol. The fourth-order valence-corrected chi connectivity index (χ4v) is 5.69. The van der Waals surface area contributed by atoms with Crippen molar-refractivity contribution in [3.05, 3.63) is 64.5 Å². The molecule has 0 aromatic carbocycles. The van der Waals surface area contributed by atoms with Crippen LogP contribution >= 0.6 is 11.3 Å². The van der Waals surface area contributed by atoms with Gasteiger partial charge in [-0.2, -0.15) is 13.4 Å². The molecule has 1 N–H and O–H groups in total. The molecule has 1 atom stereocenters. The molecule has 4 rings (SSSR count). The highest BCUT2D eigenvalue weighted by atomic mass is 32.2. The molecule has 0 aliphatic carbocycles. The van der Waals surface area contributed by atoms with Crippen LogP contribution in [0.3, 0.4) is 0 Å². The summed E-state index contributed by atoms with van der Waals surface area (Å²) in [7, 11) is -4.22.